The molecule has 1 aromatic rings. The van der Waals surface area contributed by atoms with Crippen molar-refractivity contribution in [2.24, 2.45) is 0 Å². The zero-order chi connectivity index (χ0) is 14.4. The van der Waals surface area contributed by atoms with Crippen molar-refractivity contribution in [3.63, 3.8) is 0 Å². The lowest BCUT2D eigenvalue weighted by Gasteiger charge is -2.27. The maximum Gasteiger partial charge on any atom is 0.178 e. The topological polar surface area (TPSA) is 61.4 Å². The summed E-state index contributed by atoms with van der Waals surface area (Å²) in [6.07, 6.45) is 0. The molecule has 112 valence electrons. The number of nitrogens with one attached hydrogen (secondary N) is 2. The molecule has 0 unspecified atom stereocenters. The Morgan fingerprint density at radius 3 is 2.45 bits per heavy atom. The van der Waals surface area contributed by atoms with Gasteiger partial charge in [-0.1, -0.05) is 6.92 Å². The molecule has 0 atom stereocenters. The minimum Gasteiger partial charge on any atom is -0.384 e. The van der Waals surface area contributed by atoms with Gasteiger partial charge in [-0.15, -0.1) is 0 Å². The fraction of sp³-hybridized carbons (Fsp3) is 0.571. The molecule has 2 rings (SSSR count). The third-order valence-corrected chi connectivity index (χ3v) is 5.31. The van der Waals surface area contributed by atoms with Crippen LogP contribution in [0.3, 0.4) is 0 Å². The highest BCUT2D eigenvalue weighted by molar-refractivity contribution is 7.91. The van der Waals surface area contributed by atoms with Crippen LogP contribution in [0.1, 0.15) is 6.92 Å². The average molecular weight is 297 g/mol. The van der Waals surface area contributed by atoms with Crippen molar-refractivity contribution in [3.8, 4) is 0 Å². The van der Waals surface area contributed by atoms with E-state index in [9.17, 15) is 8.42 Å². The van der Waals surface area contributed by atoms with Gasteiger partial charge < -0.3 is 10.6 Å². The predicted molar refractivity (Wildman–Crippen MR) is 82.0 cm³/mol. The molecule has 1 saturated heterocycles. The van der Waals surface area contributed by atoms with E-state index in [-0.39, 0.29) is 5.75 Å². The van der Waals surface area contributed by atoms with E-state index in [0.29, 0.717) is 4.90 Å². The highest BCUT2D eigenvalue weighted by Gasteiger charge is 2.11. The van der Waals surface area contributed by atoms with E-state index in [0.717, 1.165) is 45.0 Å². The Kier molecular flexibility index (Phi) is 5.39. The number of piperazine rings is 1. The Labute approximate surface area is 121 Å². The van der Waals surface area contributed by atoms with Crippen molar-refractivity contribution in [2.45, 2.75) is 11.8 Å². The smallest absolute Gasteiger partial charge is 0.178 e. The number of nitrogens with zero attached hydrogens (tertiary/aromatic N) is 1. The lowest BCUT2D eigenvalue weighted by Crippen LogP contribution is -2.45. The molecular formula is C14H23N3O2S. The molecule has 0 amide bonds. The molecule has 5 nitrogen and oxygen atoms in total. The predicted octanol–water partition coefficient (Wildman–Crippen LogP) is 0.797. The third kappa shape index (κ3) is 4.19. The molecule has 0 spiro atoms. The van der Waals surface area contributed by atoms with Gasteiger partial charge in [0, 0.05) is 45.0 Å². The fourth-order valence-electron chi connectivity index (χ4n) is 2.24. The van der Waals surface area contributed by atoms with E-state index in [4.69, 9.17) is 0 Å². The minimum absolute atomic E-state index is 0.142. The molecular weight excluding hydrogens is 274 g/mol. The van der Waals surface area contributed by atoms with Gasteiger partial charge in [-0.05, 0) is 24.3 Å². The summed E-state index contributed by atoms with van der Waals surface area (Å²) in [5.41, 5.74) is 0.968. The van der Waals surface area contributed by atoms with E-state index in [1.54, 1.807) is 19.1 Å². The van der Waals surface area contributed by atoms with Crippen molar-refractivity contribution < 1.29 is 8.42 Å². The second-order valence-corrected chi connectivity index (χ2v) is 7.22. The summed E-state index contributed by atoms with van der Waals surface area (Å²) in [4.78, 5) is 2.81. The van der Waals surface area contributed by atoms with Gasteiger partial charge in [0.2, 0.25) is 0 Å². The van der Waals surface area contributed by atoms with Crippen LogP contribution in [0, 0.1) is 0 Å². The molecule has 1 fully saturated rings. The molecule has 0 aromatic heterocycles. The van der Waals surface area contributed by atoms with Crippen LogP contribution < -0.4 is 10.6 Å². The van der Waals surface area contributed by atoms with Gasteiger partial charge in [-0.2, -0.15) is 0 Å². The summed E-state index contributed by atoms with van der Waals surface area (Å²) in [6.45, 7) is 7.85. The van der Waals surface area contributed by atoms with Crippen molar-refractivity contribution in [1.29, 1.82) is 0 Å². The number of benzene rings is 1. The Hall–Kier alpha value is -1.11. The molecule has 2 N–H and O–H groups in total. The molecule has 0 bridgehead atoms. The first-order valence-electron chi connectivity index (χ1n) is 7.11. The van der Waals surface area contributed by atoms with Crippen LogP contribution in [-0.4, -0.2) is 58.3 Å². The number of sulfone groups is 1. The quantitative estimate of drug-likeness (QED) is 0.813. The lowest BCUT2D eigenvalue weighted by atomic mass is 10.3. The van der Waals surface area contributed by atoms with Gasteiger partial charge in [-0.3, -0.25) is 4.90 Å². The third-order valence-electron chi connectivity index (χ3n) is 3.56. The summed E-state index contributed by atoms with van der Waals surface area (Å²) in [7, 11) is -3.10. The standard InChI is InChI=1S/C14H23N3O2S/c1-2-20(18,19)14-5-3-13(4-6-14)16-9-12-17-10-7-15-8-11-17/h3-6,15-16H,2,7-12H2,1H3. The molecule has 20 heavy (non-hydrogen) atoms. The molecule has 0 saturated carbocycles. The Bertz CT molecular complexity index is 508. The van der Waals surface area contributed by atoms with Gasteiger partial charge in [-0.25, -0.2) is 8.42 Å². The van der Waals surface area contributed by atoms with Crippen molar-refractivity contribution in [3.05, 3.63) is 24.3 Å². The van der Waals surface area contributed by atoms with E-state index < -0.39 is 9.84 Å². The van der Waals surface area contributed by atoms with E-state index in [1.165, 1.54) is 0 Å². The Balaban J connectivity index is 1.82. The maximum absolute atomic E-state index is 11.7. The van der Waals surface area contributed by atoms with Crippen LogP contribution in [0.25, 0.3) is 0 Å². The zero-order valence-corrected chi connectivity index (χ0v) is 12.7. The first-order valence-corrected chi connectivity index (χ1v) is 8.77. The van der Waals surface area contributed by atoms with Crippen LogP contribution >= 0.6 is 0 Å². The summed E-state index contributed by atoms with van der Waals surface area (Å²) in [6, 6.07) is 7.01. The minimum atomic E-state index is -3.10. The molecule has 0 aliphatic carbocycles. The average Bonchev–Trinajstić information content (AvgIpc) is 2.49. The number of hydrogen-bond donors (Lipinski definition) is 2. The molecule has 1 aliphatic heterocycles. The first-order chi connectivity index (χ1) is 9.62. The SMILES string of the molecule is CCS(=O)(=O)c1ccc(NCCN2CCNCC2)cc1. The van der Waals surface area contributed by atoms with Gasteiger partial charge in [0.05, 0.1) is 10.6 Å². The number of hydrogen-bond acceptors (Lipinski definition) is 5. The summed E-state index contributed by atoms with van der Waals surface area (Å²) < 4.78 is 23.4. The van der Waals surface area contributed by atoms with Crippen LogP contribution in [0.2, 0.25) is 0 Å². The van der Waals surface area contributed by atoms with Crippen molar-refractivity contribution >= 4 is 15.5 Å². The summed E-state index contributed by atoms with van der Waals surface area (Å²) >= 11 is 0. The lowest BCUT2D eigenvalue weighted by molar-refractivity contribution is 0.249. The van der Waals surface area contributed by atoms with Gasteiger partial charge in [0.25, 0.3) is 0 Å². The van der Waals surface area contributed by atoms with Crippen LogP contribution in [0.5, 0.6) is 0 Å². The summed E-state index contributed by atoms with van der Waals surface area (Å²) in [5, 5.41) is 6.66. The van der Waals surface area contributed by atoms with Gasteiger partial charge in [0.1, 0.15) is 0 Å². The highest BCUT2D eigenvalue weighted by atomic mass is 32.2. The zero-order valence-electron chi connectivity index (χ0n) is 11.9. The van der Waals surface area contributed by atoms with Crippen LogP contribution in [-0.2, 0) is 9.84 Å². The second kappa shape index (κ2) is 7.06. The highest BCUT2D eigenvalue weighted by Crippen LogP contribution is 2.15. The maximum atomic E-state index is 11.7. The van der Waals surface area contributed by atoms with Crippen molar-refractivity contribution in [2.75, 3.05) is 50.3 Å². The van der Waals surface area contributed by atoms with Gasteiger partial charge >= 0.3 is 0 Å². The van der Waals surface area contributed by atoms with E-state index in [1.807, 2.05) is 12.1 Å². The normalized spacial score (nSPS) is 17.1. The largest absolute Gasteiger partial charge is 0.384 e. The number of anilines is 1. The summed E-state index contributed by atoms with van der Waals surface area (Å²) in [5.74, 6) is 0.142. The van der Waals surface area contributed by atoms with Crippen LogP contribution in [0.15, 0.2) is 29.2 Å². The van der Waals surface area contributed by atoms with E-state index in [2.05, 4.69) is 15.5 Å². The van der Waals surface area contributed by atoms with Crippen molar-refractivity contribution in [1.82, 2.24) is 10.2 Å². The van der Waals surface area contributed by atoms with Gasteiger partial charge in [0.15, 0.2) is 9.84 Å². The van der Waals surface area contributed by atoms with E-state index >= 15 is 0 Å². The molecule has 0 radical (unpaired) electrons. The second-order valence-electron chi connectivity index (χ2n) is 4.95. The molecule has 1 aromatic carbocycles. The fourth-order valence-corrected chi connectivity index (χ4v) is 3.12. The number of rotatable bonds is 6. The Morgan fingerprint density at radius 2 is 1.85 bits per heavy atom. The molecule has 6 heteroatoms. The molecule has 1 aliphatic rings. The first kappa shape index (κ1) is 15.3. The monoisotopic (exact) mass is 297 g/mol. The molecule has 1 heterocycles. The Morgan fingerprint density at radius 1 is 1.20 bits per heavy atom. The van der Waals surface area contributed by atoms with Crippen LogP contribution in [0.4, 0.5) is 5.69 Å².